The van der Waals surface area contributed by atoms with Gasteiger partial charge in [0.2, 0.25) is 0 Å². The highest BCUT2D eigenvalue weighted by Gasteiger charge is 2.01. The van der Waals surface area contributed by atoms with E-state index in [0.29, 0.717) is 0 Å². The molecule has 0 aromatic heterocycles. The molecule has 0 fully saturated rings. The first-order chi connectivity index (χ1) is 9.15. The lowest BCUT2D eigenvalue weighted by Crippen LogP contribution is -2.17. The molecule has 0 radical (unpaired) electrons. The highest BCUT2D eigenvalue weighted by molar-refractivity contribution is 9.10. The minimum atomic E-state index is 0.796. The predicted molar refractivity (Wildman–Crippen MR) is 85.7 cm³/mol. The third-order valence-corrected chi connectivity index (χ3v) is 3.86. The topological polar surface area (TPSA) is 12.0 Å². The van der Waals surface area contributed by atoms with E-state index in [0.717, 1.165) is 34.6 Å². The van der Waals surface area contributed by atoms with E-state index in [2.05, 4.69) is 58.5 Å². The van der Waals surface area contributed by atoms with Crippen LogP contribution in [0.2, 0.25) is 5.02 Å². The van der Waals surface area contributed by atoms with Crippen molar-refractivity contribution >= 4 is 27.5 Å². The number of halogens is 2. The Hall–Kier alpha value is -0.830. The fourth-order valence-corrected chi connectivity index (χ4v) is 2.60. The fourth-order valence-electron chi connectivity index (χ4n) is 2.00. The van der Waals surface area contributed by atoms with Gasteiger partial charge < -0.3 is 5.32 Å². The van der Waals surface area contributed by atoms with Crippen molar-refractivity contribution in [3.8, 4) is 0 Å². The summed E-state index contributed by atoms with van der Waals surface area (Å²) in [5.41, 5.74) is 3.81. The van der Waals surface area contributed by atoms with Gasteiger partial charge in [-0.2, -0.15) is 0 Å². The quantitative estimate of drug-likeness (QED) is 0.776. The van der Waals surface area contributed by atoms with E-state index < -0.39 is 0 Å². The maximum atomic E-state index is 6.15. The van der Waals surface area contributed by atoms with Crippen LogP contribution in [0.15, 0.2) is 46.9 Å². The standard InChI is InChI=1S/C16H17BrClN/c1-12-3-2-4-13(9-12)7-8-19-11-14-10-15(17)5-6-16(14)18/h2-6,9-10,19H,7-8,11H2,1H3. The van der Waals surface area contributed by atoms with Crippen molar-refractivity contribution in [2.24, 2.45) is 0 Å². The minimum absolute atomic E-state index is 0.796. The molecule has 1 N–H and O–H groups in total. The van der Waals surface area contributed by atoms with Gasteiger partial charge in [0.05, 0.1) is 0 Å². The molecular weight excluding hydrogens is 322 g/mol. The molecule has 19 heavy (non-hydrogen) atoms. The molecule has 2 aromatic rings. The highest BCUT2D eigenvalue weighted by Crippen LogP contribution is 2.20. The summed E-state index contributed by atoms with van der Waals surface area (Å²) in [6.07, 6.45) is 1.04. The smallest absolute Gasteiger partial charge is 0.0451 e. The van der Waals surface area contributed by atoms with Gasteiger partial charge in [-0.15, -0.1) is 0 Å². The van der Waals surface area contributed by atoms with Gasteiger partial charge in [-0.25, -0.2) is 0 Å². The second kappa shape index (κ2) is 7.09. The maximum Gasteiger partial charge on any atom is 0.0451 e. The second-order valence-electron chi connectivity index (χ2n) is 4.65. The zero-order valence-corrected chi connectivity index (χ0v) is 13.3. The number of hydrogen-bond donors (Lipinski definition) is 1. The van der Waals surface area contributed by atoms with E-state index in [1.54, 1.807) is 0 Å². The first kappa shape index (κ1) is 14.6. The summed E-state index contributed by atoms with van der Waals surface area (Å²) in [6.45, 7) is 3.87. The third-order valence-electron chi connectivity index (χ3n) is 3.00. The summed E-state index contributed by atoms with van der Waals surface area (Å²) in [5, 5.41) is 4.24. The van der Waals surface area contributed by atoms with E-state index in [-0.39, 0.29) is 0 Å². The van der Waals surface area contributed by atoms with Crippen molar-refractivity contribution in [3.05, 3.63) is 68.7 Å². The van der Waals surface area contributed by atoms with Crippen LogP contribution in [0.3, 0.4) is 0 Å². The van der Waals surface area contributed by atoms with E-state index in [9.17, 15) is 0 Å². The lowest BCUT2D eigenvalue weighted by Gasteiger charge is -2.08. The van der Waals surface area contributed by atoms with Crippen molar-refractivity contribution in [2.75, 3.05) is 6.54 Å². The summed E-state index contributed by atoms with van der Waals surface area (Å²) in [5.74, 6) is 0. The number of hydrogen-bond acceptors (Lipinski definition) is 1. The first-order valence-electron chi connectivity index (χ1n) is 6.35. The molecule has 0 saturated carbocycles. The zero-order chi connectivity index (χ0) is 13.7. The summed E-state index contributed by atoms with van der Waals surface area (Å²) in [7, 11) is 0. The highest BCUT2D eigenvalue weighted by atomic mass is 79.9. The van der Waals surface area contributed by atoms with Crippen molar-refractivity contribution in [1.29, 1.82) is 0 Å². The van der Waals surface area contributed by atoms with E-state index in [1.165, 1.54) is 11.1 Å². The molecule has 0 bridgehead atoms. The molecule has 100 valence electrons. The third kappa shape index (κ3) is 4.64. The molecule has 0 heterocycles. The summed E-state index contributed by atoms with van der Waals surface area (Å²) in [4.78, 5) is 0. The van der Waals surface area contributed by atoms with Crippen LogP contribution in [0.5, 0.6) is 0 Å². The Labute approximate surface area is 128 Å². The molecule has 0 atom stereocenters. The van der Waals surface area contributed by atoms with E-state index >= 15 is 0 Å². The SMILES string of the molecule is Cc1cccc(CCNCc2cc(Br)ccc2Cl)c1. The van der Waals surface area contributed by atoms with Gasteiger partial charge in [-0.1, -0.05) is 57.4 Å². The molecule has 2 rings (SSSR count). The molecule has 2 aromatic carbocycles. The van der Waals surface area contributed by atoms with Crippen LogP contribution in [-0.2, 0) is 13.0 Å². The van der Waals surface area contributed by atoms with E-state index in [4.69, 9.17) is 11.6 Å². The Kier molecular flexibility index (Phi) is 5.44. The van der Waals surface area contributed by atoms with Gasteiger partial charge >= 0.3 is 0 Å². The van der Waals surface area contributed by atoms with Crippen LogP contribution >= 0.6 is 27.5 Å². The first-order valence-corrected chi connectivity index (χ1v) is 7.52. The minimum Gasteiger partial charge on any atom is -0.312 e. The van der Waals surface area contributed by atoms with Gasteiger partial charge in [-0.05, 0) is 49.2 Å². The van der Waals surface area contributed by atoms with Gasteiger partial charge in [0.15, 0.2) is 0 Å². The average Bonchev–Trinajstić information content (AvgIpc) is 2.39. The van der Waals surface area contributed by atoms with E-state index in [1.807, 2.05) is 12.1 Å². The summed E-state index contributed by atoms with van der Waals surface area (Å²) in [6, 6.07) is 14.6. The number of benzene rings is 2. The lowest BCUT2D eigenvalue weighted by molar-refractivity contribution is 0.686. The molecule has 0 amide bonds. The Morgan fingerprint density at radius 3 is 2.79 bits per heavy atom. The average molecular weight is 339 g/mol. The van der Waals surface area contributed by atoms with Crippen LogP contribution in [0.4, 0.5) is 0 Å². The Balaban J connectivity index is 1.82. The molecule has 0 spiro atoms. The van der Waals surface area contributed by atoms with Crippen LogP contribution in [0.1, 0.15) is 16.7 Å². The molecule has 0 unspecified atom stereocenters. The number of rotatable bonds is 5. The monoisotopic (exact) mass is 337 g/mol. The summed E-state index contributed by atoms with van der Waals surface area (Å²) >= 11 is 9.62. The Morgan fingerprint density at radius 2 is 2.00 bits per heavy atom. The molecular formula is C16H17BrClN. The fraction of sp³-hybridized carbons (Fsp3) is 0.250. The van der Waals surface area contributed by atoms with Gasteiger partial charge in [0, 0.05) is 16.0 Å². The Bertz CT molecular complexity index is 554. The lowest BCUT2D eigenvalue weighted by atomic mass is 10.1. The summed E-state index contributed by atoms with van der Waals surface area (Å²) < 4.78 is 1.06. The van der Waals surface area contributed by atoms with Crippen LogP contribution in [0, 0.1) is 6.92 Å². The van der Waals surface area contributed by atoms with Gasteiger partial charge in [0.1, 0.15) is 0 Å². The molecule has 0 aliphatic carbocycles. The van der Waals surface area contributed by atoms with Crippen molar-refractivity contribution in [3.63, 3.8) is 0 Å². The predicted octanol–water partition coefficient (Wildman–Crippen LogP) is 4.74. The molecule has 0 aliphatic heterocycles. The molecule has 1 nitrogen and oxygen atoms in total. The van der Waals surface area contributed by atoms with Gasteiger partial charge in [-0.3, -0.25) is 0 Å². The number of nitrogens with one attached hydrogen (secondary N) is 1. The maximum absolute atomic E-state index is 6.15. The Morgan fingerprint density at radius 1 is 1.16 bits per heavy atom. The normalized spacial score (nSPS) is 10.7. The van der Waals surface area contributed by atoms with Crippen molar-refractivity contribution in [2.45, 2.75) is 19.9 Å². The zero-order valence-electron chi connectivity index (χ0n) is 10.9. The van der Waals surface area contributed by atoms with Gasteiger partial charge in [0.25, 0.3) is 0 Å². The molecule has 0 saturated heterocycles. The second-order valence-corrected chi connectivity index (χ2v) is 5.97. The molecule has 0 aliphatic rings. The number of aryl methyl sites for hydroxylation is 1. The largest absolute Gasteiger partial charge is 0.312 e. The van der Waals surface area contributed by atoms with Crippen LogP contribution in [-0.4, -0.2) is 6.54 Å². The van der Waals surface area contributed by atoms with Crippen molar-refractivity contribution < 1.29 is 0 Å². The molecule has 3 heteroatoms. The van der Waals surface area contributed by atoms with Crippen molar-refractivity contribution in [1.82, 2.24) is 5.32 Å². The van der Waals surface area contributed by atoms with Crippen LogP contribution in [0.25, 0.3) is 0 Å². The van der Waals surface area contributed by atoms with Crippen LogP contribution < -0.4 is 5.32 Å².